The monoisotopic (exact) mass is 406 g/mol. The Morgan fingerprint density at radius 3 is 2.70 bits per heavy atom. The average Bonchev–Trinajstić information content (AvgIpc) is 2.90. The predicted octanol–water partition coefficient (Wildman–Crippen LogP) is 4.50. The molecule has 2 aromatic rings. The summed E-state index contributed by atoms with van der Waals surface area (Å²) in [4.78, 5) is 16.7. The van der Waals surface area contributed by atoms with Crippen molar-refractivity contribution < 1.29 is 14.3 Å². The molecule has 1 N–H and O–H groups in total. The first-order valence-electron chi connectivity index (χ1n) is 8.96. The number of rotatable bonds is 6. The molecule has 0 spiro atoms. The highest BCUT2D eigenvalue weighted by atomic mass is 35.5. The first-order chi connectivity index (χ1) is 13.0. The highest BCUT2D eigenvalue weighted by molar-refractivity contribution is 7.99. The molecule has 0 fully saturated rings. The average molecular weight is 407 g/mol. The van der Waals surface area contributed by atoms with E-state index in [4.69, 9.17) is 21.1 Å². The maximum Gasteiger partial charge on any atom is 0.230 e. The molecule has 1 amide bonds. The second kappa shape index (κ2) is 9.33. The van der Waals surface area contributed by atoms with Crippen LogP contribution in [0.2, 0.25) is 5.02 Å². The van der Waals surface area contributed by atoms with Crippen LogP contribution in [0.4, 0.5) is 0 Å². The number of nitrogens with zero attached hydrogens (tertiary/aromatic N) is 1. The van der Waals surface area contributed by atoms with Crippen molar-refractivity contribution in [3.63, 3.8) is 0 Å². The summed E-state index contributed by atoms with van der Waals surface area (Å²) in [6, 6.07) is 9.36. The van der Waals surface area contributed by atoms with Crippen molar-refractivity contribution in [3.8, 4) is 11.5 Å². The van der Waals surface area contributed by atoms with E-state index in [0.717, 1.165) is 28.5 Å². The van der Waals surface area contributed by atoms with Gasteiger partial charge in [-0.05, 0) is 35.7 Å². The number of nitrogens with one attached hydrogen (secondary N) is 1. The normalized spacial score (nSPS) is 14.5. The van der Waals surface area contributed by atoms with Crippen LogP contribution in [-0.2, 0) is 4.79 Å². The second-order valence-electron chi connectivity index (χ2n) is 6.65. The molecule has 5 nitrogen and oxygen atoms in total. The van der Waals surface area contributed by atoms with Gasteiger partial charge in [0.25, 0.3) is 0 Å². The topological polar surface area (TPSA) is 60.5 Å². The van der Waals surface area contributed by atoms with Crippen LogP contribution in [0.3, 0.4) is 0 Å². The van der Waals surface area contributed by atoms with E-state index in [9.17, 15) is 4.79 Å². The maximum atomic E-state index is 12.5. The number of thioether (sulfide) groups is 1. The minimum atomic E-state index is -0.103. The van der Waals surface area contributed by atoms with Crippen molar-refractivity contribution in [2.45, 2.75) is 31.3 Å². The number of amides is 1. The van der Waals surface area contributed by atoms with Gasteiger partial charge in [-0.1, -0.05) is 43.3 Å². The molecule has 2 heterocycles. The van der Waals surface area contributed by atoms with Crippen molar-refractivity contribution in [2.24, 2.45) is 5.92 Å². The fourth-order valence-corrected chi connectivity index (χ4v) is 3.58. The zero-order valence-corrected chi connectivity index (χ0v) is 17.0. The van der Waals surface area contributed by atoms with Crippen molar-refractivity contribution in [1.82, 2.24) is 10.3 Å². The SMILES string of the molecule is CC(C)C(NC(=O)CSc1ccc(Cl)cn1)c1ccc2c(c1)OCCCO2. The summed E-state index contributed by atoms with van der Waals surface area (Å²) >= 11 is 7.22. The third-order valence-corrected chi connectivity index (χ3v) is 5.33. The molecule has 0 saturated carbocycles. The number of carbonyl (C=O) groups is 1. The first-order valence-corrected chi connectivity index (χ1v) is 10.3. The maximum absolute atomic E-state index is 12.5. The zero-order chi connectivity index (χ0) is 19.2. The number of hydrogen-bond donors (Lipinski definition) is 1. The Balaban J connectivity index is 1.65. The molecule has 1 aliphatic rings. The number of halogens is 1. The molecule has 0 bridgehead atoms. The Labute approximate surface area is 168 Å². The van der Waals surface area contributed by atoms with Gasteiger partial charge < -0.3 is 14.8 Å². The predicted molar refractivity (Wildman–Crippen MR) is 108 cm³/mol. The summed E-state index contributed by atoms with van der Waals surface area (Å²) < 4.78 is 11.5. The van der Waals surface area contributed by atoms with Gasteiger partial charge in [0, 0.05) is 12.6 Å². The number of carbonyl (C=O) groups excluding carboxylic acids is 1. The van der Waals surface area contributed by atoms with Crippen molar-refractivity contribution in [2.75, 3.05) is 19.0 Å². The van der Waals surface area contributed by atoms with Gasteiger partial charge in [-0.3, -0.25) is 4.79 Å². The lowest BCUT2D eigenvalue weighted by atomic mass is 9.95. The third-order valence-electron chi connectivity index (χ3n) is 4.17. The van der Waals surface area contributed by atoms with E-state index >= 15 is 0 Å². The Bertz CT molecular complexity index is 783. The van der Waals surface area contributed by atoms with E-state index in [2.05, 4.69) is 24.1 Å². The summed E-state index contributed by atoms with van der Waals surface area (Å²) in [7, 11) is 0. The molecule has 144 valence electrons. The zero-order valence-electron chi connectivity index (χ0n) is 15.4. The molecular formula is C20H23ClN2O3S. The van der Waals surface area contributed by atoms with Gasteiger partial charge in [-0.2, -0.15) is 0 Å². The number of ether oxygens (including phenoxy) is 2. The molecule has 1 unspecified atom stereocenters. The number of benzene rings is 1. The summed E-state index contributed by atoms with van der Waals surface area (Å²) in [5, 5.41) is 4.48. The Morgan fingerprint density at radius 1 is 1.22 bits per heavy atom. The summed E-state index contributed by atoms with van der Waals surface area (Å²) in [6.45, 7) is 5.47. The second-order valence-corrected chi connectivity index (χ2v) is 8.08. The van der Waals surface area contributed by atoms with Gasteiger partial charge in [0.2, 0.25) is 5.91 Å². The molecule has 7 heteroatoms. The molecule has 3 rings (SSSR count). The molecule has 0 aliphatic carbocycles. The molecule has 1 aromatic heterocycles. The molecule has 1 aliphatic heterocycles. The van der Waals surface area contributed by atoms with Gasteiger partial charge in [0.05, 0.1) is 35.1 Å². The largest absolute Gasteiger partial charge is 0.490 e. The van der Waals surface area contributed by atoms with Crippen LogP contribution in [0.25, 0.3) is 0 Å². The smallest absolute Gasteiger partial charge is 0.230 e. The third kappa shape index (κ3) is 5.53. The molecule has 0 saturated heterocycles. The number of pyridine rings is 1. The van der Waals surface area contributed by atoms with Crippen LogP contribution in [-0.4, -0.2) is 29.9 Å². The fraction of sp³-hybridized carbons (Fsp3) is 0.400. The minimum absolute atomic E-state index is 0.0393. The molecular weight excluding hydrogens is 384 g/mol. The van der Waals surface area contributed by atoms with Gasteiger partial charge in [-0.15, -0.1) is 0 Å². The Hall–Kier alpha value is -1.92. The first kappa shape index (κ1) is 19.8. The van der Waals surface area contributed by atoms with E-state index in [1.807, 2.05) is 24.3 Å². The number of fused-ring (bicyclic) bond motifs is 1. The van der Waals surface area contributed by atoms with Crippen LogP contribution < -0.4 is 14.8 Å². The molecule has 1 aromatic carbocycles. The van der Waals surface area contributed by atoms with Gasteiger partial charge in [0.1, 0.15) is 0 Å². The summed E-state index contributed by atoms with van der Waals surface area (Å²) in [6.07, 6.45) is 2.45. The van der Waals surface area contributed by atoms with E-state index in [1.54, 1.807) is 12.3 Å². The Kier molecular flexibility index (Phi) is 6.85. The van der Waals surface area contributed by atoms with Crippen LogP contribution in [0, 0.1) is 5.92 Å². The highest BCUT2D eigenvalue weighted by Crippen LogP contribution is 2.34. The van der Waals surface area contributed by atoms with E-state index in [0.29, 0.717) is 24.0 Å². The lowest BCUT2D eigenvalue weighted by Gasteiger charge is -2.24. The van der Waals surface area contributed by atoms with Crippen LogP contribution in [0.15, 0.2) is 41.6 Å². The quantitative estimate of drug-likeness (QED) is 0.715. The van der Waals surface area contributed by atoms with Crippen molar-refractivity contribution >= 4 is 29.3 Å². The molecule has 1 atom stereocenters. The Morgan fingerprint density at radius 2 is 2.00 bits per heavy atom. The van der Waals surface area contributed by atoms with E-state index in [1.165, 1.54) is 11.8 Å². The fourth-order valence-electron chi connectivity index (χ4n) is 2.81. The number of hydrogen-bond acceptors (Lipinski definition) is 5. The van der Waals surface area contributed by atoms with Crippen LogP contribution in [0.5, 0.6) is 11.5 Å². The molecule has 27 heavy (non-hydrogen) atoms. The molecule has 0 radical (unpaired) electrons. The minimum Gasteiger partial charge on any atom is -0.490 e. The van der Waals surface area contributed by atoms with Crippen LogP contribution >= 0.6 is 23.4 Å². The standard InChI is InChI=1S/C20H23ClN2O3S/c1-13(2)20(14-4-6-16-17(10-14)26-9-3-8-25-16)23-18(24)12-27-19-7-5-15(21)11-22-19/h4-7,10-11,13,20H,3,8-9,12H2,1-2H3,(H,23,24). The lowest BCUT2D eigenvalue weighted by molar-refractivity contribution is -0.119. The summed E-state index contributed by atoms with van der Waals surface area (Å²) in [5.74, 6) is 1.99. The van der Waals surface area contributed by atoms with E-state index < -0.39 is 0 Å². The number of aromatic nitrogens is 1. The van der Waals surface area contributed by atoms with E-state index in [-0.39, 0.29) is 17.9 Å². The van der Waals surface area contributed by atoms with Crippen LogP contribution in [0.1, 0.15) is 31.9 Å². The van der Waals surface area contributed by atoms with Crippen molar-refractivity contribution in [3.05, 3.63) is 47.1 Å². The van der Waals surface area contributed by atoms with Gasteiger partial charge >= 0.3 is 0 Å². The lowest BCUT2D eigenvalue weighted by Crippen LogP contribution is -2.33. The summed E-state index contributed by atoms with van der Waals surface area (Å²) in [5.41, 5.74) is 1.01. The van der Waals surface area contributed by atoms with Gasteiger partial charge in [-0.25, -0.2) is 4.98 Å². The highest BCUT2D eigenvalue weighted by Gasteiger charge is 2.21. The van der Waals surface area contributed by atoms with Crippen molar-refractivity contribution in [1.29, 1.82) is 0 Å². The van der Waals surface area contributed by atoms with Gasteiger partial charge in [0.15, 0.2) is 11.5 Å².